The van der Waals surface area contributed by atoms with Crippen molar-refractivity contribution in [3.63, 3.8) is 0 Å². The molecule has 146 valence electrons. The van der Waals surface area contributed by atoms with Gasteiger partial charge in [0.2, 0.25) is 0 Å². The number of aliphatic hydroxyl groups is 1. The molecule has 0 bridgehead atoms. The molecule has 1 N–H and O–H groups in total. The predicted octanol–water partition coefficient (Wildman–Crippen LogP) is 4.90. The number of benzene rings is 2. The average molecular weight is 377 g/mol. The van der Waals surface area contributed by atoms with Gasteiger partial charge in [-0.3, -0.25) is 0 Å². The van der Waals surface area contributed by atoms with Gasteiger partial charge in [-0.2, -0.15) is 0 Å². The first-order valence-corrected chi connectivity index (χ1v) is 8.84. The fraction of sp³-hybridized carbons (Fsp3) is 0.364. The van der Waals surface area contributed by atoms with Crippen molar-refractivity contribution in [2.75, 3.05) is 20.6 Å². The van der Waals surface area contributed by atoms with E-state index in [2.05, 4.69) is 0 Å². The lowest BCUT2D eigenvalue weighted by molar-refractivity contribution is 0.00693. The van der Waals surface area contributed by atoms with Gasteiger partial charge in [-0.05, 0) is 45.1 Å². The third-order valence-corrected chi connectivity index (χ3v) is 4.92. The normalized spacial score (nSPS) is 15.7. The topological polar surface area (TPSA) is 23.5 Å². The molecule has 0 aromatic heterocycles. The standard InChI is InChI=1S/C22H26F3NO/c1-14(11-17-9-7-6-8-10-17)22(27,15(2)13-26(4)5)18-12-19(23)21(25)16(3)20(18)24/h6-12,15,27H,13H2,1-5H3. The fourth-order valence-electron chi connectivity index (χ4n) is 3.46. The molecule has 0 heterocycles. The summed E-state index contributed by atoms with van der Waals surface area (Å²) >= 11 is 0. The van der Waals surface area contributed by atoms with Crippen LogP contribution in [0.3, 0.4) is 0 Å². The summed E-state index contributed by atoms with van der Waals surface area (Å²) in [5.74, 6) is -3.82. The zero-order chi connectivity index (χ0) is 20.4. The van der Waals surface area contributed by atoms with E-state index in [0.29, 0.717) is 12.1 Å². The lowest BCUT2D eigenvalue weighted by atomic mass is 9.75. The van der Waals surface area contributed by atoms with Gasteiger partial charge in [0.1, 0.15) is 11.4 Å². The maximum atomic E-state index is 14.9. The molecule has 0 fully saturated rings. The molecule has 0 aliphatic rings. The first-order valence-electron chi connectivity index (χ1n) is 8.84. The molecular formula is C22H26F3NO. The van der Waals surface area contributed by atoms with E-state index in [1.807, 2.05) is 49.3 Å². The molecule has 0 aliphatic carbocycles. The average Bonchev–Trinajstić information content (AvgIpc) is 2.62. The van der Waals surface area contributed by atoms with Gasteiger partial charge >= 0.3 is 0 Å². The Bertz CT molecular complexity index is 833. The maximum absolute atomic E-state index is 14.9. The Kier molecular flexibility index (Phi) is 6.50. The molecule has 2 atom stereocenters. The Labute approximate surface area is 158 Å². The number of nitrogens with zero attached hydrogens (tertiary/aromatic N) is 1. The van der Waals surface area contributed by atoms with Crippen LogP contribution in [0.1, 0.15) is 30.5 Å². The van der Waals surface area contributed by atoms with Crippen LogP contribution in [0.2, 0.25) is 0 Å². The predicted molar refractivity (Wildman–Crippen MR) is 103 cm³/mol. The Hall–Kier alpha value is -2.11. The Morgan fingerprint density at radius 3 is 2.30 bits per heavy atom. The van der Waals surface area contributed by atoms with Crippen LogP contribution in [0.5, 0.6) is 0 Å². The highest BCUT2D eigenvalue weighted by Gasteiger charge is 2.41. The SMILES string of the molecule is CC(=Cc1ccccc1)C(O)(c1cc(F)c(F)c(C)c1F)C(C)CN(C)C. The molecule has 0 spiro atoms. The van der Waals surface area contributed by atoms with E-state index >= 15 is 0 Å². The van der Waals surface area contributed by atoms with E-state index in [1.54, 1.807) is 19.9 Å². The lowest BCUT2D eigenvalue weighted by Gasteiger charge is -2.38. The number of hydrogen-bond donors (Lipinski definition) is 1. The fourth-order valence-corrected chi connectivity index (χ4v) is 3.46. The van der Waals surface area contributed by atoms with Crippen molar-refractivity contribution in [2.45, 2.75) is 26.4 Å². The first kappa shape index (κ1) is 21.2. The second kappa shape index (κ2) is 8.28. The highest BCUT2D eigenvalue weighted by molar-refractivity contribution is 5.56. The zero-order valence-electron chi connectivity index (χ0n) is 16.4. The van der Waals surface area contributed by atoms with Gasteiger partial charge in [0.05, 0.1) is 0 Å². The molecule has 0 aliphatic heterocycles. The van der Waals surface area contributed by atoms with Crippen LogP contribution in [0.25, 0.3) is 6.08 Å². The van der Waals surface area contributed by atoms with E-state index < -0.39 is 34.5 Å². The molecule has 27 heavy (non-hydrogen) atoms. The number of halogens is 3. The van der Waals surface area contributed by atoms with Gasteiger partial charge < -0.3 is 10.0 Å². The van der Waals surface area contributed by atoms with E-state index in [-0.39, 0.29) is 5.56 Å². The summed E-state index contributed by atoms with van der Waals surface area (Å²) in [4.78, 5) is 1.86. The minimum Gasteiger partial charge on any atom is -0.380 e. The van der Waals surface area contributed by atoms with Crippen LogP contribution in [0.4, 0.5) is 13.2 Å². The van der Waals surface area contributed by atoms with Crippen LogP contribution >= 0.6 is 0 Å². The van der Waals surface area contributed by atoms with E-state index in [9.17, 15) is 18.3 Å². The monoisotopic (exact) mass is 377 g/mol. The molecule has 2 unspecified atom stereocenters. The molecular weight excluding hydrogens is 351 g/mol. The van der Waals surface area contributed by atoms with Crippen LogP contribution in [-0.2, 0) is 5.60 Å². The van der Waals surface area contributed by atoms with Gasteiger partial charge in [-0.15, -0.1) is 0 Å². The molecule has 0 amide bonds. The minimum absolute atomic E-state index is 0.252. The van der Waals surface area contributed by atoms with Crippen molar-refractivity contribution >= 4 is 6.08 Å². The van der Waals surface area contributed by atoms with Crippen molar-refractivity contribution in [2.24, 2.45) is 5.92 Å². The molecule has 0 saturated carbocycles. The Balaban J connectivity index is 2.70. The van der Waals surface area contributed by atoms with Crippen molar-refractivity contribution in [1.82, 2.24) is 4.90 Å². The largest absolute Gasteiger partial charge is 0.380 e. The highest BCUT2D eigenvalue weighted by atomic mass is 19.2. The second-order valence-corrected chi connectivity index (χ2v) is 7.33. The summed E-state index contributed by atoms with van der Waals surface area (Å²) in [6.07, 6.45) is 1.74. The molecule has 2 nitrogen and oxygen atoms in total. The Morgan fingerprint density at radius 2 is 1.74 bits per heavy atom. The molecule has 0 saturated heterocycles. The lowest BCUT2D eigenvalue weighted by Crippen LogP contribution is -2.41. The van der Waals surface area contributed by atoms with Crippen molar-refractivity contribution < 1.29 is 18.3 Å². The minimum atomic E-state index is -1.80. The van der Waals surface area contributed by atoms with Crippen molar-refractivity contribution in [1.29, 1.82) is 0 Å². The van der Waals surface area contributed by atoms with Crippen LogP contribution in [0, 0.1) is 30.3 Å². The van der Waals surface area contributed by atoms with Gasteiger partial charge in [0.25, 0.3) is 0 Å². The van der Waals surface area contributed by atoms with E-state index in [0.717, 1.165) is 11.6 Å². The molecule has 2 aromatic rings. The molecule has 0 radical (unpaired) electrons. The Morgan fingerprint density at radius 1 is 1.15 bits per heavy atom. The second-order valence-electron chi connectivity index (χ2n) is 7.33. The van der Waals surface area contributed by atoms with Crippen LogP contribution in [-0.4, -0.2) is 30.6 Å². The van der Waals surface area contributed by atoms with Crippen LogP contribution < -0.4 is 0 Å². The zero-order valence-corrected chi connectivity index (χ0v) is 16.4. The van der Waals surface area contributed by atoms with E-state index in [4.69, 9.17) is 0 Å². The summed E-state index contributed by atoms with van der Waals surface area (Å²) in [6, 6.07) is 10.0. The summed E-state index contributed by atoms with van der Waals surface area (Å²) in [7, 11) is 3.67. The number of hydrogen-bond acceptors (Lipinski definition) is 2. The van der Waals surface area contributed by atoms with Crippen molar-refractivity contribution in [3.8, 4) is 0 Å². The smallest absolute Gasteiger partial charge is 0.164 e. The molecule has 2 rings (SSSR count). The first-order chi connectivity index (χ1) is 12.6. The van der Waals surface area contributed by atoms with Gasteiger partial charge in [0, 0.05) is 23.6 Å². The highest BCUT2D eigenvalue weighted by Crippen LogP contribution is 2.41. The van der Waals surface area contributed by atoms with Gasteiger partial charge in [-0.1, -0.05) is 43.3 Å². The number of rotatable bonds is 6. The quantitative estimate of drug-likeness (QED) is 0.724. The summed E-state index contributed by atoms with van der Waals surface area (Å²) in [5, 5.41) is 11.6. The summed E-state index contributed by atoms with van der Waals surface area (Å²) in [6.45, 7) is 5.03. The van der Waals surface area contributed by atoms with Gasteiger partial charge in [0.15, 0.2) is 11.6 Å². The van der Waals surface area contributed by atoms with E-state index in [1.165, 1.54) is 6.92 Å². The van der Waals surface area contributed by atoms with Crippen molar-refractivity contribution in [3.05, 3.63) is 76.1 Å². The van der Waals surface area contributed by atoms with Crippen LogP contribution in [0.15, 0.2) is 42.0 Å². The summed E-state index contributed by atoms with van der Waals surface area (Å²) in [5.41, 5.74) is -1.22. The molecule has 5 heteroatoms. The third kappa shape index (κ3) is 4.25. The van der Waals surface area contributed by atoms with Gasteiger partial charge in [-0.25, -0.2) is 13.2 Å². The molecule has 2 aromatic carbocycles. The maximum Gasteiger partial charge on any atom is 0.164 e. The third-order valence-electron chi connectivity index (χ3n) is 4.92. The summed E-state index contributed by atoms with van der Waals surface area (Å²) < 4.78 is 42.8.